The van der Waals surface area contributed by atoms with Crippen LogP contribution in [0.5, 0.6) is 11.5 Å². The smallest absolute Gasteiger partial charge is 0.255 e. The third-order valence-corrected chi connectivity index (χ3v) is 6.19. The van der Waals surface area contributed by atoms with Crippen LogP contribution in [0.25, 0.3) is 0 Å². The Morgan fingerprint density at radius 1 is 1.26 bits per heavy atom. The first kappa shape index (κ1) is 26.5. The molecule has 2 N–H and O–H groups in total. The van der Waals surface area contributed by atoms with Crippen LogP contribution in [0, 0.1) is 6.92 Å². The van der Waals surface area contributed by atoms with Crippen molar-refractivity contribution in [1.82, 2.24) is 15.3 Å². The van der Waals surface area contributed by atoms with Gasteiger partial charge in [-0.1, -0.05) is 25.8 Å². The number of carbonyl (C=O) groups is 1. The Labute approximate surface area is 207 Å². The Kier molecular flexibility index (Phi) is 9.96. The molecule has 0 spiro atoms. The van der Waals surface area contributed by atoms with Crippen LogP contribution in [0.4, 0.5) is 5.95 Å². The molecule has 1 aromatic carbocycles. The van der Waals surface area contributed by atoms with Crippen LogP contribution in [0.1, 0.15) is 62.4 Å². The highest BCUT2D eigenvalue weighted by Crippen LogP contribution is 2.30. The minimum absolute atomic E-state index is 0.132. The number of H-pyrrole nitrogens is 1. The number of carbonyl (C=O) groups excluding carboxylic acids is 1. The third kappa shape index (κ3) is 7.45. The molecule has 1 aliphatic rings. The Morgan fingerprint density at radius 3 is 2.71 bits per heavy atom. The summed E-state index contributed by atoms with van der Waals surface area (Å²) in [6.07, 6.45) is 3.79. The van der Waals surface area contributed by atoms with E-state index in [0.717, 1.165) is 24.8 Å². The molecule has 0 radical (unpaired) electrons. The zero-order chi connectivity index (χ0) is 25.2. The molecule has 35 heavy (non-hydrogen) atoms. The molecule has 192 valence electrons. The molecule has 9 heteroatoms. The van der Waals surface area contributed by atoms with Gasteiger partial charge < -0.3 is 24.4 Å². The average Bonchev–Trinajstić information content (AvgIpc) is 2.86. The van der Waals surface area contributed by atoms with Crippen molar-refractivity contribution in [3.05, 3.63) is 45.4 Å². The number of nitrogens with zero attached hydrogens (tertiary/aromatic N) is 2. The number of morpholine rings is 1. The van der Waals surface area contributed by atoms with E-state index in [2.05, 4.69) is 22.2 Å². The van der Waals surface area contributed by atoms with Gasteiger partial charge >= 0.3 is 0 Å². The monoisotopic (exact) mass is 486 g/mol. The van der Waals surface area contributed by atoms with Crippen molar-refractivity contribution >= 4 is 11.9 Å². The van der Waals surface area contributed by atoms with Crippen molar-refractivity contribution < 1.29 is 19.0 Å². The lowest BCUT2D eigenvalue weighted by Gasteiger charge is -2.27. The second-order valence-corrected chi connectivity index (χ2v) is 8.81. The van der Waals surface area contributed by atoms with E-state index in [9.17, 15) is 9.59 Å². The van der Waals surface area contributed by atoms with E-state index in [0.29, 0.717) is 68.0 Å². The fourth-order valence-corrected chi connectivity index (χ4v) is 4.06. The zero-order valence-electron chi connectivity index (χ0n) is 21.3. The van der Waals surface area contributed by atoms with Crippen LogP contribution < -0.4 is 25.2 Å². The number of ether oxygens (including phenoxy) is 3. The highest BCUT2D eigenvalue weighted by Gasteiger charge is 2.18. The fourth-order valence-electron chi connectivity index (χ4n) is 4.06. The van der Waals surface area contributed by atoms with Crippen molar-refractivity contribution in [1.29, 1.82) is 0 Å². The van der Waals surface area contributed by atoms with Crippen molar-refractivity contribution in [2.45, 2.75) is 58.9 Å². The summed E-state index contributed by atoms with van der Waals surface area (Å²) in [5.74, 6) is 1.78. The number of benzene rings is 1. The maximum Gasteiger partial charge on any atom is 0.255 e. The second-order valence-electron chi connectivity index (χ2n) is 8.81. The Bertz CT molecular complexity index is 1030. The molecular formula is C26H38N4O5. The first-order valence-corrected chi connectivity index (χ1v) is 12.5. The average molecular weight is 487 g/mol. The minimum atomic E-state index is -0.216. The number of amides is 1. The van der Waals surface area contributed by atoms with Gasteiger partial charge in [-0.15, -0.1) is 0 Å². The van der Waals surface area contributed by atoms with Crippen LogP contribution in [-0.4, -0.2) is 55.9 Å². The predicted octanol–water partition coefficient (Wildman–Crippen LogP) is 3.30. The van der Waals surface area contributed by atoms with E-state index in [-0.39, 0.29) is 23.9 Å². The first-order chi connectivity index (χ1) is 16.9. The highest BCUT2D eigenvalue weighted by molar-refractivity contribution is 5.76. The number of aromatic amines is 1. The van der Waals surface area contributed by atoms with Crippen LogP contribution in [0.15, 0.2) is 23.0 Å². The first-order valence-electron chi connectivity index (χ1n) is 12.5. The quantitative estimate of drug-likeness (QED) is 0.444. The number of anilines is 1. The van der Waals surface area contributed by atoms with Gasteiger partial charge in [0, 0.05) is 30.8 Å². The molecule has 0 bridgehead atoms. The number of nitrogens with one attached hydrogen (secondary N) is 2. The molecule has 0 saturated carbocycles. The molecule has 1 amide bonds. The number of hydrogen-bond donors (Lipinski definition) is 2. The lowest BCUT2D eigenvalue weighted by molar-refractivity contribution is -0.121. The molecule has 1 saturated heterocycles. The number of aromatic nitrogens is 2. The Hall–Kier alpha value is -3.07. The summed E-state index contributed by atoms with van der Waals surface area (Å²) in [5.41, 5.74) is 1.91. The molecule has 0 aliphatic carbocycles. The zero-order valence-corrected chi connectivity index (χ0v) is 21.3. The molecule has 9 nitrogen and oxygen atoms in total. The van der Waals surface area contributed by atoms with Gasteiger partial charge in [-0.3, -0.25) is 14.6 Å². The van der Waals surface area contributed by atoms with Crippen LogP contribution in [0.3, 0.4) is 0 Å². The van der Waals surface area contributed by atoms with Gasteiger partial charge in [0.1, 0.15) is 0 Å². The maximum atomic E-state index is 12.7. The minimum Gasteiger partial charge on any atom is -0.493 e. The number of methoxy groups -OCH3 is 1. The van der Waals surface area contributed by atoms with Crippen molar-refractivity contribution in [2.75, 3.05) is 44.9 Å². The van der Waals surface area contributed by atoms with E-state index in [1.54, 1.807) is 7.11 Å². The van der Waals surface area contributed by atoms with Crippen molar-refractivity contribution in [2.24, 2.45) is 0 Å². The van der Waals surface area contributed by atoms with Gasteiger partial charge in [-0.2, -0.15) is 0 Å². The molecule has 1 atom stereocenters. The third-order valence-electron chi connectivity index (χ3n) is 6.19. The molecule has 1 fully saturated rings. The summed E-state index contributed by atoms with van der Waals surface area (Å²) in [6, 6.07) is 5.49. The van der Waals surface area contributed by atoms with E-state index < -0.39 is 0 Å². The molecule has 1 aromatic heterocycles. The maximum absolute atomic E-state index is 12.7. The standard InChI is InChI=1S/C26H38N4O5/c1-5-6-7-14-35-22-10-8-20(17-23(22)33-4)18(2)27-24(31)11-9-21-19(3)28-26(29-25(21)32)30-12-15-34-16-13-30/h8,10,17-18H,5-7,9,11-16H2,1-4H3,(H,27,31)(H,28,29,32). The van der Waals surface area contributed by atoms with Gasteiger partial charge in [0.2, 0.25) is 11.9 Å². The van der Waals surface area contributed by atoms with E-state index in [1.807, 2.05) is 36.9 Å². The lowest BCUT2D eigenvalue weighted by atomic mass is 10.1. The largest absolute Gasteiger partial charge is 0.493 e. The summed E-state index contributed by atoms with van der Waals surface area (Å²) >= 11 is 0. The number of hydrogen-bond acceptors (Lipinski definition) is 7. The van der Waals surface area contributed by atoms with Gasteiger partial charge in [0.05, 0.1) is 33.0 Å². The highest BCUT2D eigenvalue weighted by atomic mass is 16.5. The Morgan fingerprint density at radius 2 is 2.03 bits per heavy atom. The predicted molar refractivity (Wildman–Crippen MR) is 136 cm³/mol. The lowest BCUT2D eigenvalue weighted by Crippen LogP contribution is -2.38. The molecule has 2 heterocycles. The SMILES string of the molecule is CCCCCOc1ccc(C(C)NC(=O)CCc2c(C)nc(N3CCOCC3)[nH]c2=O)cc1OC. The van der Waals surface area contributed by atoms with Crippen LogP contribution in [0.2, 0.25) is 0 Å². The van der Waals surface area contributed by atoms with Crippen LogP contribution in [-0.2, 0) is 16.0 Å². The van der Waals surface area contributed by atoms with Gasteiger partial charge in [-0.05, 0) is 44.4 Å². The topological polar surface area (TPSA) is 106 Å². The van der Waals surface area contributed by atoms with Crippen LogP contribution >= 0.6 is 0 Å². The summed E-state index contributed by atoms with van der Waals surface area (Å²) in [6.45, 7) is 9.16. The summed E-state index contributed by atoms with van der Waals surface area (Å²) in [5, 5.41) is 3.01. The summed E-state index contributed by atoms with van der Waals surface area (Å²) in [7, 11) is 1.61. The van der Waals surface area contributed by atoms with Gasteiger partial charge in [-0.25, -0.2) is 4.98 Å². The number of unbranched alkanes of at least 4 members (excludes halogenated alkanes) is 2. The summed E-state index contributed by atoms with van der Waals surface area (Å²) in [4.78, 5) is 34.7. The number of aryl methyl sites for hydroxylation is 1. The molecule has 2 aromatic rings. The molecule has 3 rings (SSSR count). The van der Waals surface area contributed by atoms with Gasteiger partial charge in [0.25, 0.3) is 5.56 Å². The van der Waals surface area contributed by atoms with E-state index in [1.165, 1.54) is 0 Å². The molecular weight excluding hydrogens is 448 g/mol. The normalized spacial score (nSPS) is 14.5. The Balaban J connectivity index is 1.56. The molecule has 1 aliphatic heterocycles. The number of rotatable bonds is 12. The van der Waals surface area contributed by atoms with Gasteiger partial charge in [0.15, 0.2) is 11.5 Å². The van der Waals surface area contributed by atoms with E-state index in [4.69, 9.17) is 14.2 Å². The van der Waals surface area contributed by atoms with Crippen molar-refractivity contribution in [3.63, 3.8) is 0 Å². The molecule has 1 unspecified atom stereocenters. The van der Waals surface area contributed by atoms with E-state index >= 15 is 0 Å². The fraction of sp³-hybridized carbons (Fsp3) is 0.577. The second kappa shape index (κ2) is 13.1. The van der Waals surface area contributed by atoms with Crippen molar-refractivity contribution in [3.8, 4) is 11.5 Å². The summed E-state index contributed by atoms with van der Waals surface area (Å²) < 4.78 is 16.7.